The lowest BCUT2D eigenvalue weighted by molar-refractivity contribution is -0.123. The van der Waals surface area contributed by atoms with Crippen LogP contribution in [-0.2, 0) is 4.79 Å². The van der Waals surface area contributed by atoms with Crippen molar-refractivity contribution in [3.8, 4) is 0 Å². The van der Waals surface area contributed by atoms with Crippen molar-refractivity contribution in [3.05, 3.63) is 42.2 Å². The van der Waals surface area contributed by atoms with E-state index < -0.39 is 11.2 Å². The Morgan fingerprint density at radius 2 is 2.10 bits per heavy atom. The Labute approximate surface area is 119 Å². The largest absolute Gasteiger partial charge is 0.323 e. The number of fused-ring (bicyclic) bond motifs is 2. The summed E-state index contributed by atoms with van der Waals surface area (Å²) in [6.45, 7) is 8.52. The van der Waals surface area contributed by atoms with E-state index in [-0.39, 0.29) is 17.0 Å². The van der Waals surface area contributed by atoms with Crippen LogP contribution in [0, 0.1) is 22.6 Å². The number of amides is 1. The van der Waals surface area contributed by atoms with E-state index >= 15 is 0 Å². The Morgan fingerprint density at radius 3 is 2.70 bits per heavy atom. The minimum atomic E-state index is -0.504. The van der Waals surface area contributed by atoms with Gasteiger partial charge in [-0.2, -0.15) is 0 Å². The van der Waals surface area contributed by atoms with Gasteiger partial charge in [-0.25, -0.2) is 4.39 Å². The van der Waals surface area contributed by atoms with Crippen molar-refractivity contribution in [1.82, 2.24) is 0 Å². The molecule has 0 aliphatic heterocycles. The molecule has 1 N–H and O–H groups in total. The minimum absolute atomic E-state index is 0.00478. The number of carbonyl (C=O) groups is 1. The number of para-hydroxylation sites is 1. The third-order valence-electron chi connectivity index (χ3n) is 5.45. The van der Waals surface area contributed by atoms with E-state index in [1.165, 1.54) is 6.07 Å². The maximum Gasteiger partial charge on any atom is 0.234 e. The number of anilines is 1. The lowest BCUT2D eigenvalue weighted by Gasteiger charge is -2.37. The summed E-state index contributed by atoms with van der Waals surface area (Å²) >= 11 is 0. The van der Waals surface area contributed by atoms with E-state index in [0.717, 1.165) is 24.8 Å². The summed E-state index contributed by atoms with van der Waals surface area (Å²) in [5.74, 6) is 0.0247. The van der Waals surface area contributed by atoms with E-state index in [2.05, 4.69) is 25.7 Å². The van der Waals surface area contributed by atoms with Crippen LogP contribution in [0.2, 0.25) is 0 Å². The Hall–Kier alpha value is -1.64. The fraction of sp³-hybridized carbons (Fsp3) is 0.471. The van der Waals surface area contributed by atoms with Crippen LogP contribution < -0.4 is 5.32 Å². The van der Waals surface area contributed by atoms with Gasteiger partial charge in [0.25, 0.3) is 0 Å². The summed E-state index contributed by atoms with van der Waals surface area (Å²) < 4.78 is 13.7. The van der Waals surface area contributed by atoms with E-state index in [9.17, 15) is 9.18 Å². The van der Waals surface area contributed by atoms with Gasteiger partial charge < -0.3 is 5.32 Å². The lowest BCUT2D eigenvalue weighted by Crippen LogP contribution is -2.37. The molecule has 0 unspecified atom stereocenters. The summed E-state index contributed by atoms with van der Waals surface area (Å²) in [7, 11) is 0. The minimum Gasteiger partial charge on any atom is -0.323 e. The standard InChI is InChI=1S/C17H20FNO/c1-11-16(2,3)12-8-9-17(11,10-12)15(20)19-14-7-5-4-6-13(14)18/h4-7,12H,1,8-10H2,2-3H3,(H,19,20)/t12-,17-/m0/s1. The Kier molecular flexibility index (Phi) is 2.79. The van der Waals surface area contributed by atoms with E-state index in [1.807, 2.05) is 0 Å². The van der Waals surface area contributed by atoms with Crippen LogP contribution in [0.4, 0.5) is 10.1 Å². The van der Waals surface area contributed by atoms with Crippen LogP contribution in [0.25, 0.3) is 0 Å². The molecule has 3 rings (SSSR count). The first-order chi connectivity index (χ1) is 9.38. The van der Waals surface area contributed by atoms with Crippen LogP contribution in [-0.4, -0.2) is 5.91 Å². The first-order valence-corrected chi connectivity index (χ1v) is 7.14. The predicted molar refractivity (Wildman–Crippen MR) is 77.7 cm³/mol. The van der Waals surface area contributed by atoms with Gasteiger partial charge in [-0.15, -0.1) is 0 Å². The molecule has 0 radical (unpaired) electrons. The molecule has 2 saturated carbocycles. The molecule has 0 heterocycles. The molecule has 2 bridgehead atoms. The van der Waals surface area contributed by atoms with Crippen LogP contribution in [0.3, 0.4) is 0 Å². The lowest BCUT2D eigenvalue weighted by atomic mass is 9.68. The van der Waals surface area contributed by atoms with Crippen molar-refractivity contribution < 1.29 is 9.18 Å². The molecule has 1 aromatic carbocycles. The molecule has 2 aliphatic carbocycles. The van der Waals surface area contributed by atoms with Gasteiger partial charge in [0.15, 0.2) is 0 Å². The molecule has 2 fully saturated rings. The first-order valence-electron chi connectivity index (χ1n) is 7.14. The highest BCUT2D eigenvalue weighted by molar-refractivity contribution is 5.98. The maximum atomic E-state index is 13.7. The Morgan fingerprint density at radius 1 is 1.40 bits per heavy atom. The topological polar surface area (TPSA) is 29.1 Å². The number of nitrogens with one attached hydrogen (secondary N) is 1. The molecule has 2 nitrogen and oxygen atoms in total. The molecule has 0 aromatic heterocycles. The highest BCUT2D eigenvalue weighted by Crippen LogP contribution is 2.65. The Balaban J connectivity index is 1.89. The summed E-state index contributed by atoms with van der Waals surface area (Å²) in [5.41, 5.74) is 0.768. The summed E-state index contributed by atoms with van der Waals surface area (Å²) in [4.78, 5) is 12.7. The van der Waals surface area contributed by atoms with Crippen molar-refractivity contribution in [2.24, 2.45) is 16.7 Å². The molecular formula is C17H20FNO. The van der Waals surface area contributed by atoms with Crippen LogP contribution in [0.15, 0.2) is 36.4 Å². The number of halogens is 1. The molecule has 1 amide bonds. The normalized spacial score (nSPS) is 30.6. The first kappa shape index (κ1) is 13.3. The second-order valence-electron chi connectivity index (χ2n) is 6.66. The summed E-state index contributed by atoms with van der Waals surface area (Å²) in [6, 6.07) is 6.30. The van der Waals surface area contributed by atoms with Gasteiger partial charge in [0.2, 0.25) is 5.91 Å². The second-order valence-corrected chi connectivity index (χ2v) is 6.66. The molecule has 2 aliphatic rings. The molecule has 106 valence electrons. The van der Waals surface area contributed by atoms with Crippen molar-refractivity contribution in [1.29, 1.82) is 0 Å². The molecule has 2 atom stereocenters. The molecule has 0 saturated heterocycles. The van der Waals surface area contributed by atoms with Crippen LogP contribution in [0.1, 0.15) is 33.1 Å². The van der Waals surface area contributed by atoms with E-state index in [1.54, 1.807) is 18.2 Å². The maximum absolute atomic E-state index is 13.7. The summed E-state index contributed by atoms with van der Waals surface area (Å²) in [5, 5.41) is 2.76. The molecule has 0 spiro atoms. The highest BCUT2D eigenvalue weighted by atomic mass is 19.1. The van der Waals surface area contributed by atoms with Gasteiger partial charge in [-0.3, -0.25) is 4.79 Å². The van der Waals surface area contributed by atoms with E-state index in [4.69, 9.17) is 0 Å². The van der Waals surface area contributed by atoms with Gasteiger partial charge in [0.05, 0.1) is 11.1 Å². The quantitative estimate of drug-likeness (QED) is 0.806. The molecule has 20 heavy (non-hydrogen) atoms. The number of rotatable bonds is 2. The predicted octanol–water partition coefficient (Wildman–Crippen LogP) is 4.15. The molecular weight excluding hydrogens is 253 g/mol. The van der Waals surface area contributed by atoms with E-state index in [0.29, 0.717) is 5.92 Å². The van der Waals surface area contributed by atoms with Gasteiger partial charge in [-0.1, -0.05) is 38.1 Å². The van der Waals surface area contributed by atoms with Crippen LogP contribution in [0.5, 0.6) is 0 Å². The zero-order valence-corrected chi connectivity index (χ0v) is 12.0. The average Bonchev–Trinajstić information content (AvgIpc) is 2.93. The highest BCUT2D eigenvalue weighted by Gasteiger charge is 2.60. The van der Waals surface area contributed by atoms with Gasteiger partial charge in [-0.05, 0) is 42.7 Å². The monoisotopic (exact) mass is 273 g/mol. The van der Waals surface area contributed by atoms with Gasteiger partial charge >= 0.3 is 0 Å². The Bertz CT molecular complexity index is 592. The number of hydrogen-bond acceptors (Lipinski definition) is 1. The molecule has 3 heteroatoms. The van der Waals surface area contributed by atoms with Gasteiger partial charge in [0, 0.05) is 0 Å². The van der Waals surface area contributed by atoms with Crippen molar-refractivity contribution in [2.75, 3.05) is 5.32 Å². The van der Waals surface area contributed by atoms with Crippen molar-refractivity contribution in [2.45, 2.75) is 33.1 Å². The van der Waals surface area contributed by atoms with Crippen LogP contribution >= 0.6 is 0 Å². The smallest absolute Gasteiger partial charge is 0.234 e. The number of carbonyl (C=O) groups excluding carboxylic acids is 1. The fourth-order valence-corrected chi connectivity index (χ4v) is 3.95. The zero-order chi connectivity index (χ0) is 14.5. The molecule has 1 aromatic rings. The van der Waals surface area contributed by atoms with Crippen molar-refractivity contribution >= 4 is 11.6 Å². The van der Waals surface area contributed by atoms with Crippen molar-refractivity contribution in [3.63, 3.8) is 0 Å². The zero-order valence-electron chi connectivity index (χ0n) is 12.0. The van der Waals surface area contributed by atoms with Gasteiger partial charge in [0.1, 0.15) is 5.82 Å². The second kappa shape index (κ2) is 4.18. The SMILES string of the molecule is C=C1C(C)(C)[C@H]2CC[C@]1(C(=O)Nc1ccccc1F)C2. The number of hydrogen-bond donors (Lipinski definition) is 1. The fourth-order valence-electron chi connectivity index (χ4n) is 3.95. The number of benzene rings is 1. The summed E-state index contributed by atoms with van der Waals surface area (Å²) in [6.07, 6.45) is 2.73. The average molecular weight is 273 g/mol. The third kappa shape index (κ3) is 1.65. The third-order valence-corrected chi connectivity index (χ3v) is 5.45.